The average molecular weight is 292 g/mol. The summed E-state index contributed by atoms with van der Waals surface area (Å²) in [6, 6.07) is 10.8. The van der Waals surface area contributed by atoms with Gasteiger partial charge in [0, 0.05) is 17.0 Å². The van der Waals surface area contributed by atoms with Gasteiger partial charge in [-0.2, -0.15) is 0 Å². The van der Waals surface area contributed by atoms with Gasteiger partial charge < -0.3 is 5.32 Å². The molecule has 0 radical (unpaired) electrons. The second-order valence-corrected chi connectivity index (χ2v) is 8.39. The first-order valence-corrected chi connectivity index (χ1v) is 8.91. The highest BCUT2D eigenvalue weighted by Crippen LogP contribution is 2.42. The molecule has 1 fully saturated rings. The molecule has 2 rings (SSSR count). The monoisotopic (exact) mass is 291 g/mol. The van der Waals surface area contributed by atoms with Crippen LogP contribution in [0.1, 0.15) is 52.9 Å². The van der Waals surface area contributed by atoms with Crippen LogP contribution in [0.5, 0.6) is 0 Å². The third-order valence-electron chi connectivity index (χ3n) is 4.30. The molecule has 0 aromatic heterocycles. The Labute approximate surface area is 128 Å². The molecule has 0 spiro atoms. The molecule has 0 bridgehead atoms. The highest BCUT2D eigenvalue weighted by Gasteiger charge is 2.34. The molecule has 1 aromatic rings. The Bertz CT molecular complexity index is 388. The van der Waals surface area contributed by atoms with Crippen LogP contribution in [0.15, 0.2) is 35.2 Å². The minimum atomic E-state index is 0.238. The van der Waals surface area contributed by atoms with Gasteiger partial charge in [0.1, 0.15) is 0 Å². The maximum Gasteiger partial charge on any atom is 0.00967 e. The second kappa shape index (κ2) is 7.00. The van der Waals surface area contributed by atoms with Crippen molar-refractivity contribution in [3.8, 4) is 0 Å². The molecule has 0 unspecified atom stereocenters. The number of nitrogens with one attached hydrogen (secondary N) is 1. The highest BCUT2D eigenvalue weighted by atomic mass is 32.2. The van der Waals surface area contributed by atoms with E-state index in [1.54, 1.807) is 0 Å². The Morgan fingerprint density at radius 2 is 1.75 bits per heavy atom. The van der Waals surface area contributed by atoms with E-state index in [9.17, 15) is 0 Å². The van der Waals surface area contributed by atoms with Crippen LogP contribution in [0, 0.1) is 5.41 Å². The van der Waals surface area contributed by atoms with E-state index >= 15 is 0 Å². The molecule has 1 aliphatic rings. The fraction of sp³-hybridized carbons (Fsp3) is 0.667. The van der Waals surface area contributed by atoms with Crippen LogP contribution in [0.4, 0.5) is 0 Å². The van der Waals surface area contributed by atoms with Crippen LogP contribution in [0.3, 0.4) is 0 Å². The number of rotatable bonds is 6. The van der Waals surface area contributed by atoms with Gasteiger partial charge in [-0.25, -0.2) is 0 Å². The smallest absolute Gasteiger partial charge is 0.00967 e. The molecule has 0 amide bonds. The van der Waals surface area contributed by atoms with E-state index in [0.29, 0.717) is 5.41 Å². The zero-order valence-corrected chi connectivity index (χ0v) is 14.1. The largest absolute Gasteiger partial charge is 0.312 e. The van der Waals surface area contributed by atoms with E-state index in [4.69, 9.17) is 0 Å². The fourth-order valence-corrected chi connectivity index (χ4v) is 4.12. The molecule has 1 saturated carbocycles. The lowest BCUT2D eigenvalue weighted by Gasteiger charge is -2.33. The lowest BCUT2D eigenvalue weighted by molar-refractivity contribution is 0.240. The molecule has 20 heavy (non-hydrogen) atoms. The van der Waals surface area contributed by atoms with E-state index in [0.717, 1.165) is 0 Å². The molecule has 112 valence electrons. The van der Waals surface area contributed by atoms with Crippen molar-refractivity contribution in [2.45, 2.75) is 63.3 Å². The highest BCUT2D eigenvalue weighted by molar-refractivity contribution is 7.99. The Morgan fingerprint density at radius 1 is 1.10 bits per heavy atom. The lowest BCUT2D eigenvalue weighted by atomic mass is 9.82. The summed E-state index contributed by atoms with van der Waals surface area (Å²) >= 11 is 2.01. The lowest BCUT2D eigenvalue weighted by Crippen LogP contribution is -2.43. The van der Waals surface area contributed by atoms with Gasteiger partial charge >= 0.3 is 0 Å². The SMILES string of the molecule is CC(C)(C)NCC1(CCSc2ccccc2)CCCC1. The number of hydrogen-bond acceptors (Lipinski definition) is 2. The first-order chi connectivity index (χ1) is 9.49. The van der Waals surface area contributed by atoms with Crippen LogP contribution in [0.25, 0.3) is 0 Å². The van der Waals surface area contributed by atoms with Gasteiger partial charge in [-0.1, -0.05) is 31.0 Å². The molecule has 0 saturated heterocycles. The summed E-state index contributed by atoms with van der Waals surface area (Å²) in [5.41, 5.74) is 0.789. The van der Waals surface area contributed by atoms with Crippen molar-refractivity contribution in [1.82, 2.24) is 5.32 Å². The summed E-state index contributed by atoms with van der Waals surface area (Å²) in [5.74, 6) is 1.25. The van der Waals surface area contributed by atoms with Gasteiger partial charge in [-0.3, -0.25) is 0 Å². The number of benzene rings is 1. The van der Waals surface area contributed by atoms with Gasteiger partial charge in [-0.05, 0) is 63.3 Å². The predicted molar refractivity (Wildman–Crippen MR) is 90.4 cm³/mol. The van der Waals surface area contributed by atoms with Gasteiger partial charge in [-0.15, -0.1) is 11.8 Å². The molecule has 2 heteroatoms. The molecule has 1 aromatic carbocycles. The fourth-order valence-electron chi connectivity index (χ4n) is 2.99. The third-order valence-corrected chi connectivity index (χ3v) is 5.32. The molecule has 0 aliphatic heterocycles. The summed E-state index contributed by atoms with van der Waals surface area (Å²) in [6.45, 7) is 8.00. The van der Waals surface area contributed by atoms with Crippen molar-refractivity contribution in [2.24, 2.45) is 5.41 Å². The van der Waals surface area contributed by atoms with Crippen molar-refractivity contribution in [1.29, 1.82) is 0 Å². The molecule has 1 nitrogen and oxygen atoms in total. The second-order valence-electron chi connectivity index (χ2n) is 7.22. The van der Waals surface area contributed by atoms with E-state index < -0.39 is 0 Å². The quantitative estimate of drug-likeness (QED) is 0.730. The van der Waals surface area contributed by atoms with Crippen molar-refractivity contribution >= 4 is 11.8 Å². The Hall–Kier alpha value is -0.470. The van der Waals surface area contributed by atoms with Gasteiger partial charge in [0.05, 0.1) is 0 Å². The number of thioether (sulfide) groups is 1. The maximum atomic E-state index is 3.74. The van der Waals surface area contributed by atoms with E-state index in [1.807, 2.05) is 11.8 Å². The van der Waals surface area contributed by atoms with E-state index in [-0.39, 0.29) is 5.54 Å². The van der Waals surface area contributed by atoms with Crippen LogP contribution in [-0.2, 0) is 0 Å². The maximum absolute atomic E-state index is 3.74. The van der Waals surface area contributed by atoms with Crippen LogP contribution < -0.4 is 5.32 Å². The van der Waals surface area contributed by atoms with Crippen molar-refractivity contribution < 1.29 is 0 Å². The normalized spacial score (nSPS) is 18.4. The Balaban J connectivity index is 1.83. The third kappa shape index (κ3) is 5.14. The Kier molecular flexibility index (Phi) is 5.57. The average Bonchev–Trinajstić information content (AvgIpc) is 2.86. The first-order valence-electron chi connectivity index (χ1n) is 7.92. The summed E-state index contributed by atoms with van der Waals surface area (Å²) < 4.78 is 0. The van der Waals surface area contributed by atoms with Crippen LogP contribution >= 0.6 is 11.8 Å². The van der Waals surface area contributed by atoms with E-state index in [2.05, 4.69) is 56.4 Å². The summed E-state index contributed by atoms with van der Waals surface area (Å²) in [6.07, 6.45) is 7.00. The topological polar surface area (TPSA) is 12.0 Å². The molecular weight excluding hydrogens is 262 g/mol. The molecule has 0 heterocycles. The summed E-state index contributed by atoms with van der Waals surface area (Å²) in [7, 11) is 0. The zero-order valence-electron chi connectivity index (χ0n) is 13.2. The summed E-state index contributed by atoms with van der Waals surface area (Å²) in [5, 5.41) is 3.74. The van der Waals surface area contributed by atoms with Gasteiger partial charge in [0.25, 0.3) is 0 Å². The predicted octanol–water partition coefficient (Wildman–Crippen LogP) is 5.12. The minimum absolute atomic E-state index is 0.238. The van der Waals surface area contributed by atoms with Crippen molar-refractivity contribution in [2.75, 3.05) is 12.3 Å². The summed E-state index contributed by atoms with van der Waals surface area (Å²) in [4.78, 5) is 1.41. The standard InChI is InChI=1S/C18H29NS/c1-17(2,3)19-15-18(11-7-8-12-18)13-14-20-16-9-5-4-6-10-16/h4-6,9-10,19H,7-8,11-15H2,1-3H3. The zero-order chi connectivity index (χ0) is 14.5. The van der Waals surface area contributed by atoms with Gasteiger partial charge in [0.15, 0.2) is 0 Å². The van der Waals surface area contributed by atoms with Gasteiger partial charge in [0.2, 0.25) is 0 Å². The minimum Gasteiger partial charge on any atom is -0.312 e. The molecule has 0 atom stereocenters. The molecular formula is C18H29NS. The number of hydrogen-bond donors (Lipinski definition) is 1. The van der Waals surface area contributed by atoms with Crippen molar-refractivity contribution in [3.05, 3.63) is 30.3 Å². The van der Waals surface area contributed by atoms with Crippen molar-refractivity contribution in [3.63, 3.8) is 0 Å². The Morgan fingerprint density at radius 3 is 2.35 bits per heavy atom. The van der Waals surface area contributed by atoms with Crippen LogP contribution in [0.2, 0.25) is 0 Å². The molecule has 1 aliphatic carbocycles. The molecule has 1 N–H and O–H groups in total. The van der Waals surface area contributed by atoms with Crippen LogP contribution in [-0.4, -0.2) is 17.8 Å². The first kappa shape index (κ1) is 15.9. The van der Waals surface area contributed by atoms with E-state index in [1.165, 1.54) is 49.3 Å².